The highest BCUT2D eigenvalue weighted by atomic mass is 16.5. The van der Waals surface area contributed by atoms with Gasteiger partial charge >= 0.3 is 0 Å². The molecule has 0 radical (unpaired) electrons. The number of aryl methyl sites for hydroxylation is 1. The zero-order chi connectivity index (χ0) is 25.3. The molecule has 1 saturated carbocycles. The molecule has 36 heavy (non-hydrogen) atoms. The smallest absolute Gasteiger partial charge is 0.262 e. The van der Waals surface area contributed by atoms with Gasteiger partial charge in [0, 0.05) is 31.4 Å². The highest BCUT2D eigenvalue weighted by Crippen LogP contribution is 2.36. The maximum absolute atomic E-state index is 13.1. The molecule has 192 valence electrons. The number of fused-ring (bicyclic) bond motifs is 1. The third kappa shape index (κ3) is 5.06. The van der Waals surface area contributed by atoms with Crippen LogP contribution in [0.15, 0.2) is 41.3 Å². The standard InChI is InChI=1S/C29H38N4O3/c1-4-5-6-17-32-24(21-9-11-22(12-10-21)31-18-7-8-26(31)34)20-33-27(35)19-25(30-28(32)33)36-23-13-15-29(2,3)16-14-23/h9-12,19-20,23H,4-8,13-18H2,1-3H3. The number of imidazole rings is 1. The maximum atomic E-state index is 13.1. The summed E-state index contributed by atoms with van der Waals surface area (Å²) >= 11 is 0. The molecule has 0 N–H and O–H groups in total. The molecule has 7 heteroatoms. The zero-order valence-corrected chi connectivity index (χ0v) is 21.8. The molecular weight excluding hydrogens is 452 g/mol. The average molecular weight is 491 g/mol. The number of benzene rings is 1. The average Bonchev–Trinajstić information content (AvgIpc) is 3.45. The second-order valence-electron chi connectivity index (χ2n) is 11.2. The number of anilines is 1. The number of hydrogen-bond donors (Lipinski definition) is 0. The van der Waals surface area contributed by atoms with E-state index in [0.29, 0.717) is 23.5 Å². The first-order valence-corrected chi connectivity index (χ1v) is 13.5. The number of amides is 1. The van der Waals surface area contributed by atoms with Crippen molar-refractivity contribution in [2.24, 2.45) is 5.41 Å². The molecule has 2 aromatic heterocycles. The van der Waals surface area contributed by atoms with Crippen LogP contribution in [-0.4, -0.2) is 32.5 Å². The van der Waals surface area contributed by atoms with Crippen molar-refractivity contribution in [3.05, 3.63) is 46.9 Å². The van der Waals surface area contributed by atoms with Gasteiger partial charge in [0.25, 0.3) is 5.56 Å². The Kier molecular flexibility index (Phi) is 6.91. The minimum atomic E-state index is -0.124. The van der Waals surface area contributed by atoms with E-state index in [1.807, 2.05) is 35.4 Å². The Bertz CT molecular complexity index is 1280. The number of hydrogen-bond acceptors (Lipinski definition) is 4. The highest BCUT2D eigenvalue weighted by Gasteiger charge is 2.28. The second-order valence-corrected chi connectivity index (χ2v) is 11.2. The summed E-state index contributed by atoms with van der Waals surface area (Å²) in [5.41, 5.74) is 3.12. The molecule has 1 aliphatic heterocycles. The van der Waals surface area contributed by atoms with Crippen LogP contribution in [0.1, 0.15) is 78.6 Å². The lowest BCUT2D eigenvalue weighted by Crippen LogP contribution is -2.29. The van der Waals surface area contributed by atoms with Gasteiger partial charge in [-0.15, -0.1) is 0 Å². The fraction of sp³-hybridized carbons (Fsp3) is 0.552. The Morgan fingerprint density at radius 2 is 1.83 bits per heavy atom. The highest BCUT2D eigenvalue weighted by molar-refractivity contribution is 5.95. The van der Waals surface area contributed by atoms with E-state index in [0.717, 1.165) is 81.4 Å². The molecule has 0 atom stereocenters. The quantitative estimate of drug-likeness (QED) is 0.373. The van der Waals surface area contributed by atoms with Crippen LogP contribution in [0.5, 0.6) is 5.88 Å². The number of ether oxygens (including phenoxy) is 1. The van der Waals surface area contributed by atoms with E-state index < -0.39 is 0 Å². The van der Waals surface area contributed by atoms with Crippen LogP contribution >= 0.6 is 0 Å². The summed E-state index contributed by atoms with van der Waals surface area (Å²) in [6.07, 6.45) is 11.0. The van der Waals surface area contributed by atoms with Crippen LogP contribution < -0.4 is 15.2 Å². The van der Waals surface area contributed by atoms with Gasteiger partial charge < -0.3 is 14.2 Å². The summed E-state index contributed by atoms with van der Waals surface area (Å²) in [7, 11) is 0. The van der Waals surface area contributed by atoms with Crippen molar-refractivity contribution in [3.63, 3.8) is 0 Å². The minimum absolute atomic E-state index is 0.108. The van der Waals surface area contributed by atoms with E-state index in [-0.39, 0.29) is 17.6 Å². The fourth-order valence-electron chi connectivity index (χ4n) is 5.50. The second kappa shape index (κ2) is 10.1. The van der Waals surface area contributed by atoms with Crippen LogP contribution in [0.25, 0.3) is 17.0 Å². The van der Waals surface area contributed by atoms with Crippen molar-refractivity contribution in [1.29, 1.82) is 0 Å². The van der Waals surface area contributed by atoms with Crippen molar-refractivity contribution in [3.8, 4) is 17.1 Å². The summed E-state index contributed by atoms with van der Waals surface area (Å²) in [5.74, 6) is 1.23. The zero-order valence-electron chi connectivity index (χ0n) is 21.8. The molecule has 1 aliphatic carbocycles. The van der Waals surface area contributed by atoms with Crippen LogP contribution in [0.2, 0.25) is 0 Å². The summed E-state index contributed by atoms with van der Waals surface area (Å²) in [6.45, 7) is 8.35. The van der Waals surface area contributed by atoms with Gasteiger partial charge in [0.1, 0.15) is 6.10 Å². The molecular formula is C29H38N4O3. The van der Waals surface area contributed by atoms with Crippen LogP contribution in [0.3, 0.4) is 0 Å². The van der Waals surface area contributed by atoms with E-state index in [1.165, 1.54) is 6.07 Å². The molecule has 5 rings (SSSR count). The minimum Gasteiger partial charge on any atom is -0.474 e. The molecule has 1 amide bonds. The summed E-state index contributed by atoms with van der Waals surface area (Å²) in [4.78, 5) is 32.0. The number of carbonyl (C=O) groups excluding carboxylic acids is 1. The molecule has 7 nitrogen and oxygen atoms in total. The Hall–Kier alpha value is -3.09. The van der Waals surface area contributed by atoms with Crippen molar-refractivity contribution < 1.29 is 9.53 Å². The third-order valence-corrected chi connectivity index (χ3v) is 7.80. The van der Waals surface area contributed by atoms with Gasteiger partial charge in [-0.3, -0.25) is 14.0 Å². The fourth-order valence-corrected chi connectivity index (χ4v) is 5.50. The van der Waals surface area contributed by atoms with Gasteiger partial charge in [-0.05, 0) is 61.6 Å². The van der Waals surface area contributed by atoms with Crippen LogP contribution in [0, 0.1) is 5.41 Å². The number of nitrogens with zero attached hydrogens (tertiary/aromatic N) is 4. The lowest BCUT2D eigenvalue weighted by Gasteiger charge is -2.34. The maximum Gasteiger partial charge on any atom is 0.262 e. The monoisotopic (exact) mass is 490 g/mol. The van der Waals surface area contributed by atoms with Gasteiger partial charge in [-0.2, -0.15) is 4.98 Å². The molecule has 0 unspecified atom stereocenters. The first-order valence-electron chi connectivity index (χ1n) is 13.5. The Balaban J connectivity index is 1.47. The van der Waals surface area contributed by atoms with E-state index in [2.05, 4.69) is 25.3 Å². The van der Waals surface area contributed by atoms with Crippen molar-refractivity contribution >= 4 is 17.4 Å². The van der Waals surface area contributed by atoms with Crippen LogP contribution in [0.4, 0.5) is 5.69 Å². The SMILES string of the molecule is CCCCCn1c(-c2ccc(N3CCCC3=O)cc2)cn2c(=O)cc(OC3CCC(C)(C)CC3)nc12. The summed E-state index contributed by atoms with van der Waals surface area (Å²) < 4.78 is 10.0. The van der Waals surface area contributed by atoms with E-state index in [1.54, 1.807) is 4.40 Å². The van der Waals surface area contributed by atoms with E-state index in [4.69, 9.17) is 9.72 Å². The first-order chi connectivity index (χ1) is 17.3. The van der Waals surface area contributed by atoms with Gasteiger partial charge in [0.15, 0.2) is 0 Å². The third-order valence-electron chi connectivity index (χ3n) is 7.80. The van der Waals surface area contributed by atoms with Gasteiger partial charge in [0.2, 0.25) is 17.6 Å². The van der Waals surface area contributed by atoms with Gasteiger partial charge in [0.05, 0.1) is 11.8 Å². The number of aromatic nitrogens is 3. The van der Waals surface area contributed by atoms with Crippen molar-refractivity contribution in [1.82, 2.24) is 14.0 Å². The Morgan fingerprint density at radius 3 is 2.50 bits per heavy atom. The predicted molar refractivity (Wildman–Crippen MR) is 143 cm³/mol. The molecule has 0 spiro atoms. The van der Waals surface area contributed by atoms with Gasteiger partial charge in [-0.25, -0.2) is 0 Å². The molecule has 3 aromatic rings. The number of unbranched alkanes of at least 4 members (excludes halogenated alkanes) is 2. The topological polar surface area (TPSA) is 68.8 Å². The molecule has 3 heterocycles. The van der Waals surface area contributed by atoms with Crippen molar-refractivity contribution in [2.45, 2.75) is 91.2 Å². The summed E-state index contributed by atoms with van der Waals surface area (Å²) in [6, 6.07) is 9.61. The Morgan fingerprint density at radius 1 is 1.08 bits per heavy atom. The lowest BCUT2D eigenvalue weighted by atomic mass is 9.76. The number of carbonyl (C=O) groups is 1. The number of rotatable bonds is 8. The largest absolute Gasteiger partial charge is 0.474 e. The van der Waals surface area contributed by atoms with Crippen LogP contribution in [-0.2, 0) is 11.3 Å². The molecule has 2 aliphatic rings. The summed E-state index contributed by atoms with van der Waals surface area (Å²) in [5, 5.41) is 0. The first kappa shape index (κ1) is 24.6. The lowest BCUT2D eigenvalue weighted by molar-refractivity contribution is -0.117. The Labute approximate surface area is 213 Å². The molecule has 1 aromatic carbocycles. The predicted octanol–water partition coefficient (Wildman–Crippen LogP) is 5.83. The molecule has 1 saturated heterocycles. The van der Waals surface area contributed by atoms with Gasteiger partial charge in [-0.1, -0.05) is 45.7 Å². The van der Waals surface area contributed by atoms with E-state index in [9.17, 15) is 9.59 Å². The molecule has 0 bridgehead atoms. The van der Waals surface area contributed by atoms with E-state index >= 15 is 0 Å². The van der Waals surface area contributed by atoms with Crippen molar-refractivity contribution in [2.75, 3.05) is 11.4 Å². The molecule has 2 fully saturated rings. The normalized spacial score (nSPS) is 18.3.